The second-order valence-corrected chi connectivity index (χ2v) is 6.06. The number of nitrogen functional groups attached to an aromatic ring is 1. The van der Waals surface area contributed by atoms with Gasteiger partial charge < -0.3 is 10.3 Å². The summed E-state index contributed by atoms with van der Waals surface area (Å²) >= 11 is 6.13. The Balaban J connectivity index is 1.89. The van der Waals surface area contributed by atoms with Crippen molar-refractivity contribution in [2.45, 2.75) is 38.5 Å². The average molecular weight is 309 g/mol. The smallest absolute Gasteiger partial charge is 0.230 e. The second kappa shape index (κ2) is 6.06. The quantitative estimate of drug-likeness (QED) is 0.879. The van der Waals surface area contributed by atoms with Gasteiger partial charge >= 0.3 is 0 Å². The Hall–Kier alpha value is -1.55. The van der Waals surface area contributed by atoms with Crippen LogP contribution in [0.2, 0.25) is 5.02 Å². The number of anilines is 1. The molecule has 1 aromatic heterocycles. The van der Waals surface area contributed by atoms with Crippen molar-refractivity contribution in [2.24, 2.45) is 5.92 Å². The Morgan fingerprint density at radius 3 is 2.76 bits per heavy atom. The number of nitrogens with zero attached hydrogens (tertiary/aromatic N) is 1. The summed E-state index contributed by atoms with van der Waals surface area (Å²) in [4.78, 5) is 0. The van der Waals surface area contributed by atoms with Gasteiger partial charge in [-0.1, -0.05) is 48.5 Å². The summed E-state index contributed by atoms with van der Waals surface area (Å²) in [5, 5.41) is 4.34. The van der Waals surface area contributed by atoms with Crippen molar-refractivity contribution < 1.29 is 8.91 Å². The minimum Gasteiger partial charge on any atom is -0.367 e. The molecule has 0 amide bonds. The highest BCUT2D eigenvalue weighted by atomic mass is 35.5. The van der Waals surface area contributed by atoms with Gasteiger partial charge in [0.25, 0.3) is 0 Å². The van der Waals surface area contributed by atoms with Gasteiger partial charge in [-0.2, -0.15) is 0 Å². The summed E-state index contributed by atoms with van der Waals surface area (Å²) in [5.74, 6) is 0.454. The van der Waals surface area contributed by atoms with E-state index in [1.165, 1.54) is 31.7 Å². The highest BCUT2D eigenvalue weighted by molar-refractivity contribution is 6.33. The Kier molecular flexibility index (Phi) is 4.15. The fourth-order valence-corrected chi connectivity index (χ4v) is 3.41. The monoisotopic (exact) mass is 308 g/mol. The van der Waals surface area contributed by atoms with Crippen molar-refractivity contribution in [3.8, 4) is 11.1 Å². The van der Waals surface area contributed by atoms with Crippen molar-refractivity contribution in [2.75, 3.05) is 5.73 Å². The Bertz CT molecular complexity index is 615. The number of hydrogen-bond acceptors (Lipinski definition) is 3. The van der Waals surface area contributed by atoms with E-state index in [0.29, 0.717) is 21.8 Å². The molecule has 3 nitrogen and oxygen atoms in total. The van der Waals surface area contributed by atoms with Gasteiger partial charge in [-0.05, 0) is 30.9 Å². The molecule has 1 aliphatic rings. The number of nitrogens with two attached hydrogens (primary N) is 1. The van der Waals surface area contributed by atoms with Crippen LogP contribution in [0.1, 0.15) is 37.8 Å². The lowest BCUT2D eigenvalue weighted by Crippen LogP contribution is -1.99. The fourth-order valence-electron chi connectivity index (χ4n) is 3.15. The summed E-state index contributed by atoms with van der Waals surface area (Å²) in [7, 11) is 0. The maximum absolute atomic E-state index is 14.1. The second-order valence-electron chi connectivity index (χ2n) is 5.65. The largest absolute Gasteiger partial charge is 0.367 e. The summed E-state index contributed by atoms with van der Waals surface area (Å²) in [6.07, 6.45) is 6.91. The molecule has 0 atom stereocenters. The number of aromatic nitrogens is 1. The van der Waals surface area contributed by atoms with Crippen LogP contribution < -0.4 is 5.73 Å². The van der Waals surface area contributed by atoms with E-state index in [9.17, 15) is 4.39 Å². The SMILES string of the molecule is Nc1onc(CCC2CCCC2)c1-c1c(F)cccc1Cl. The summed E-state index contributed by atoms with van der Waals surface area (Å²) in [6, 6.07) is 4.59. The van der Waals surface area contributed by atoms with Crippen molar-refractivity contribution in [1.82, 2.24) is 5.16 Å². The third-order valence-corrected chi connectivity index (χ3v) is 4.58. The zero-order chi connectivity index (χ0) is 14.8. The van der Waals surface area contributed by atoms with Crippen LogP contribution in [0, 0.1) is 11.7 Å². The molecule has 5 heteroatoms. The number of benzene rings is 1. The highest BCUT2D eigenvalue weighted by Gasteiger charge is 2.23. The van der Waals surface area contributed by atoms with E-state index in [1.54, 1.807) is 12.1 Å². The predicted octanol–water partition coefficient (Wildman–Crippen LogP) is 4.84. The molecule has 0 radical (unpaired) electrons. The highest BCUT2D eigenvalue weighted by Crippen LogP contribution is 2.38. The standard InChI is InChI=1S/C16H18ClFN2O/c17-11-6-3-7-12(18)14(11)15-13(20-21-16(15)19)9-8-10-4-1-2-5-10/h3,6-7,10H,1-2,4-5,8-9,19H2. The van der Waals surface area contributed by atoms with Crippen LogP contribution in [0.25, 0.3) is 11.1 Å². The molecule has 0 saturated heterocycles. The van der Waals surface area contributed by atoms with Crippen LogP contribution in [0.15, 0.2) is 22.7 Å². The molecule has 112 valence electrons. The molecule has 1 fully saturated rings. The first kappa shape index (κ1) is 14.4. The van der Waals surface area contributed by atoms with Gasteiger partial charge in [0.1, 0.15) is 5.82 Å². The van der Waals surface area contributed by atoms with Gasteiger partial charge in [0.05, 0.1) is 16.3 Å². The zero-order valence-corrected chi connectivity index (χ0v) is 12.5. The van der Waals surface area contributed by atoms with E-state index in [4.69, 9.17) is 21.9 Å². The lowest BCUT2D eigenvalue weighted by atomic mass is 9.97. The van der Waals surface area contributed by atoms with Gasteiger partial charge in [-0.15, -0.1) is 0 Å². The first-order valence-electron chi connectivity index (χ1n) is 7.35. The minimum absolute atomic E-state index is 0.128. The van der Waals surface area contributed by atoms with Gasteiger partial charge in [-0.25, -0.2) is 4.39 Å². The molecule has 21 heavy (non-hydrogen) atoms. The third-order valence-electron chi connectivity index (χ3n) is 4.27. The lowest BCUT2D eigenvalue weighted by molar-refractivity contribution is 0.419. The minimum atomic E-state index is -0.403. The van der Waals surface area contributed by atoms with E-state index in [0.717, 1.165) is 18.8 Å². The van der Waals surface area contributed by atoms with E-state index in [2.05, 4.69) is 5.16 Å². The molecular formula is C16H18ClFN2O. The Labute approximate surface area is 128 Å². The van der Waals surface area contributed by atoms with Crippen LogP contribution in [-0.4, -0.2) is 5.16 Å². The summed E-state index contributed by atoms with van der Waals surface area (Å²) < 4.78 is 19.2. The van der Waals surface area contributed by atoms with Crippen molar-refractivity contribution in [1.29, 1.82) is 0 Å². The van der Waals surface area contributed by atoms with Crippen molar-refractivity contribution in [3.05, 3.63) is 34.7 Å². The maximum Gasteiger partial charge on any atom is 0.230 e. The molecule has 0 aliphatic heterocycles. The molecule has 3 rings (SSSR count). The van der Waals surface area contributed by atoms with E-state index >= 15 is 0 Å². The number of halogens is 2. The molecule has 1 heterocycles. The van der Waals surface area contributed by atoms with Gasteiger partial charge in [0.15, 0.2) is 0 Å². The molecule has 1 aliphatic carbocycles. The first-order valence-corrected chi connectivity index (χ1v) is 7.73. The van der Waals surface area contributed by atoms with E-state index in [1.807, 2.05) is 0 Å². The molecule has 2 aromatic rings. The van der Waals surface area contributed by atoms with Gasteiger partial charge in [0, 0.05) is 5.56 Å². The summed E-state index contributed by atoms with van der Waals surface area (Å²) in [5.41, 5.74) is 7.34. The molecule has 0 spiro atoms. The average Bonchev–Trinajstić information content (AvgIpc) is 3.08. The van der Waals surface area contributed by atoms with Crippen molar-refractivity contribution in [3.63, 3.8) is 0 Å². The van der Waals surface area contributed by atoms with Crippen molar-refractivity contribution >= 4 is 17.5 Å². The fraction of sp³-hybridized carbons (Fsp3) is 0.438. The van der Waals surface area contributed by atoms with E-state index < -0.39 is 5.82 Å². The number of hydrogen-bond donors (Lipinski definition) is 1. The van der Waals surface area contributed by atoms with Crippen LogP contribution in [0.3, 0.4) is 0 Å². The van der Waals surface area contributed by atoms with Gasteiger partial charge in [-0.3, -0.25) is 0 Å². The number of rotatable bonds is 4. The Morgan fingerprint density at radius 1 is 1.29 bits per heavy atom. The molecule has 1 saturated carbocycles. The van der Waals surface area contributed by atoms with Crippen LogP contribution in [0.4, 0.5) is 10.3 Å². The zero-order valence-electron chi connectivity index (χ0n) is 11.7. The first-order chi connectivity index (χ1) is 10.2. The van der Waals surface area contributed by atoms with Crippen LogP contribution >= 0.6 is 11.6 Å². The topological polar surface area (TPSA) is 52.0 Å². The van der Waals surface area contributed by atoms with Crippen LogP contribution in [-0.2, 0) is 6.42 Å². The molecule has 0 bridgehead atoms. The number of aryl methyl sites for hydroxylation is 1. The maximum atomic E-state index is 14.1. The molecule has 2 N–H and O–H groups in total. The van der Waals surface area contributed by atoms with E-state index in [-0.39, 0.29) is 5.88 Å². The molecule has 0 unspecified atom stereocenters. The predicted molar refractivity (Wildman–Crippen MR) is 81.6 cm³/mol. The van der Waals surface area contributed by atoms with Crippen LogP contribution in [0.5, 0.6) is 0 Å². The molecular weight excluding hydrogens is 291 g/mol. The normalized spacial score (nSPS) is 15.7. The Morgan fingerprint density at radius 2 is 2.05 bits per heavy atom. The molecule has 1 aromatic carbocycles. The summed E-state index contributed by atoms with van der Waals surface area (Å²) in [6.45, 7) is 0. The third kappa shape index (κ3) is 2.91. The lowest BCUT2D eigenvalue weighted by Gasteiger charge is -2.09. The van der Waals surface area contributed by atoms with Gasteiger partial charge in [0.2, 0.25) is 5.88 Å².